The number of ether oxygens (including phenoxy) is 3. The molecule has 1 saturated heterocycles. The number of amides is 1. The van der Waals surface area contributed by atoms with Gasteiger partial charge in [-0.3, -0.25) is 0 Å². The molecule has 1 aromatic heterocycles. The maximum Gasteiger partial charge on any atom is 0.410 e. The molecule has 1 unspecified atom stereocenters. The van der Waals surface area contributed by atoms with Crippen molar-refractivity contribution < 1.29 is 23.4 Å². The summed E-state index contributed by atoms with van der Waals surface area (Å²) in [5, 5.41) is 6.29. The summed E-state index contributed by atoms with van der Waals surface area (Å²) >= 11 is 6.55. The summed E-state index contributed by atoms with van der Waals surface area (Å²) in [7, 11) is -1.18. The Morgan fingerprint density at radius 2 is 1.86 bits per heavy atom. The molecule has 1 fully saturated rings. The lowest BCUT2D eigenvalue weighted by Gasteiger charge is -2.42. The molecule has 1 amide bonds. The lowest BCUT2D eigenvalue weighted by molar-refractivity contribution is -0.00336. The molecule has 3 aromatic rings. The summed E-state index contributed by atoms with van der Waals surface area (Å²) in [6.45, 7) is 19.0. The second kappa shape index (κ2) is 13.5. The molecule has 1 aliphatic heterocycles. The third kappa shape index (κ3) is 8.91. The number of fused-ring (bicyclic) bond motifs is 1. The van der Waals surface area contributed by atoms with E-state index in [1.807, 2.05) is 51.2 Å². The third-order valence-electron chi connectivity index (χ3n) is 7.76. The van der Waals surface area contributed by atoms with Gasteiger partial charge in [0.2, 0.25) is 0 Å². The Balaban J connectivity index is 1.54. The van der Waals surface area contributed by atoms with Crippen LogP contribution in [-0.2, 0) is 26.4 Å². The Morgan fingerprint density at radius 1 is 1.19 bits per heavy atom. The first kappa shape index (κ1) is 33.2. The monoisotopic (exact) mass is 629 g/mol. The third-order valence-corrected chi connectivity index (χ3v) is 9.68. The highest BCUT2D eigenvalue weighted by Gasteiger charge is 2.39. The maximum absolute atomic E-state index is 13.9. The van der Waals surface area contributed by atoms with Gasteiger partial charge in [0.25, 0.3) is 0 Å². The number of rotatable bonds is 11. The fraction of sp³-hybridized carbons (Fsp3) is 0.515. The first-order valence-corrected chi connectivity index (χ1v) is 19.0. The molecule has 0 saturated carbocycles. The van der Waals surface area contributed by atoms with E-state index in [9.17, 15) is 9.18 Å². The van der Waals surface area contributed by atoms with Gasteiger partial charge in [0.1, 0.15) is 24.3 Å². The van der Waals surface area contributed by atoms with Crippen molar-refractivity contribution in [2.24, 2.45) is 0 Å². The number of piperidine rings is 1. The molecule has 43 heavy (non-hydrogen) atoms. The first-order chi connectivity index (χ1) is 20.2. The molecule has 234 valence electrons. The van der Waals surface area contributed by atoms with Crippen molar-refractivity contribution in [3.05, 3.63) is 77.2 Å². The molecule has 2 aromatic carbocycles. The van der Waals surface area contributed by atoms with E-state index in [4.69, 9.17) is 30.9 Å². The fourth-order valence-electron chi connectivity index (χ4n) is 5.29. The standard InChI is InChI=1S/C33H45ClFN3O4Si/c1-8-29(28-20-26(34)19-24-21-38(36-30(24)28)23-40-17-18-43(5,6)7)41-22-33(25-9-11-27(35)12-10-25)13-15-37(16-14-33)31(39)42-32(2,3)4/h8-12,19-21,29H,1,13-18,22-23H2,2-7H3. The zero-order valence-corrected chi connectivity index (χ0v) is 28.0. The molecule has 1 aliphatic rings. The number of hydrogen-bond donors (Lipinski definition) is 0. The van der Waals surface area contributed by atoms with E-state index in [0.29, 0.717) is 50.9 Å². The predicted octanol–water partition coefficient (Wildman–Crippen LogP) is 8.35. The van der Waals surface area contributed by atoms with Crippen molar-refractivity contribution in [3.63, 3.8) is 0 Å². The Bertz CT molecular complexity index is 1410. The van der Waals surface area contributed by atoms with E-state index in [0.717, 1.165) is 28.1 Å². The van der Waals surface area contributed by atoms with Crippen LogP contribution >= 0.6 is 11.6 Å². The number of carbonyl (C=O) groups excluding carboxylic acids is 1. The molecule has 4 rings (SSSR count). The highest BCUT2D eigenvalue weighted by molar-refractivity contribution is 6.76. The van der Waals surface area contributed by atoms with Crippen molar-refractivity contribution >= 4 is 36.7 Å². The molecule has 1 atom stereocenters. The molecule has 0 N–H and O–H groups in total. The molecule has 2 heterocycles. The lowest BCUT2D eigenvalue weighted by atomic mass is 9.73. The highest BCUT2D eigenvalue weighted by Crippen LogP contribution is 2.39. The lowest BCUT2D eigenvalue weighted by Crippen LogP contribution is -2.48. The SMILES string of the molecule is C=CC(OCC1(c2ccc(F)cc2)CCN(C(=O)OC(C)(C)C)CC1)c1cc(Cl)cc2cn(COCC[Si](C)(C)C)nc12. The molecular formula is C33H45ClFN3O4Si. The van der Waals surface area contributed by atoms with E-state index >= 15 is 0 Å². The number of benzene rings is 2. The molecular weight excluding hydrogens is 585 g/mol. The minimum atomic E-state index is -1.18. The van der Waals surface area contributed by atoms with Gasteiger partial charge in [-0.05, 0) is 69.5 Å². The molecule has 7 nitrogen and oxygen atoms in total. The van der Waals surface area contributed by atoms with E-state index < -0.39 is 25.2 Å². The first-order valence-electron chi connectivity index (χ1n) is 14.9. The minimum Gasteiger partial charge on any atom is -0.444 e. The Labute approximate surface area is 260 Å². The quantitative estimate of drug-likeness (QED) is 0.121. The number of carbonyl (C=O) groups is 1. The van der Waals surface area contributed by atoms with Crippen LogP contribution in [-0.4, -0.2) is 60.8 Å². The molecule has 0 aliphatic carbocycles. The topological polar surface area (TPSA) is 65.8 Å². The Kier molecular flexibility index (Phi) is 10.4. The molecule has 0 radical (unpaired) electrons. The normalized spacial score (nSPS) is 16.3. The van der Waals surface area contributed by atoms with Crippen LogP contribution in [0.1, 0.15) is 50.8 Å². The van der Waals surface area contributed by atoms with E-state index in [1.165, 1.54) is 12.1 Å². The second-order valence-electron chi connectivity index (χ2n) is 13.7. The van der Waals surface area contributed by atoms with Gasteiger partial charge in [-0.25, -0.2) is 13.9 Å². The minimum absolute atomic E-state index is 0.295. The smallest absolute Gasteiger partial charge is 0.410 e. The second-order valence-corrected chi connectivity index (χ2v) is 19.7. The Hall–Kier alpha value is -2.72. The van der Waals surface area contributed by atoms with Gasteiger partial charge in [-0.15, -0.1) is 6.58 Å². The van der Waals surface area contributed by atoms with Crippen molar-refractivity contribution in [2.45, 2.75) is 83.1 Å². The molecule has 0 spiro atoms. The number of aromatic nitrogens is 2. The predicted molar refractivity (Wildman–Crippen MR) is 173 cm³/mol. The van der Waals surface area contributed by atoms with Gasteiger partial charge in [0.05, 0.1) is 12.1 Å². The summed E-state index contributed by atoms with van der Waals surface area (Å²) in [5.41, 5.74) is 1.56. The van der Waals surface area contributed by atoms with Gasteiger partial charge < -0.3 is 19.1 Å². The average Bonchev–Trinajstić information content (AvgIpc) is 3.33. The summed E-state index contributed by atoms with van der Waals surface area (Å²) in [6.07, 6.45) is 4.14. The number of halogens is 2. The fourth-order valence-corrected chi connectivity index (χ4v) is 6.28. The number of likely N-dealkylation sites (tertiary alicyclic amines) is 1. The van der Waals surface area contributed by atoms with E-state index in [2.05, 4.69) is 26.2 Å². The van der Waals surface area contributed by atoms with Crippen LogP contribution in [0.3, 0.4) is 0 Å². The zero-order chi connectivity index (χ0) is 31.4. The van der Waals surface area contributed by atoms with Gasteiger partial charge in [0, 0.05) is 55.4 Å². The van der Waals surface area contributed by atoms with Crippen LogP contribution in [0.25, 0.3) is 10.9 Å². The summed E-state index contributed by atoms with van der Waals surface area (Å²) in [5.74, 6) is -0.295. The van der Waals surface area contributed by atoms with Crippen LogP contribution in [0, 0.1) is 5.82 Å². The highest BCUT2D eigenvalue weighted by atomic mass is 35.5. The van der Waals surface area contributed by atoms with Crippen LogP contribution < -0.4 is 0 Å². The van der Waals surface area contributed by atoms with Crippen molar-refractivity contribution in [1.29, 1.82) is 0 Å². The van der Waals surface area contributed by atoms with Crippen molar-refractivity contribution in [2.75, 3.05) is 26.3 Å². The van der Waals surface area contributed by atoms with Crippen LogP contribution in [0.5, 0.6) is 0 Å². The van der Waals surface area contributed by atoms with Crippen molar-refractivity contribution in [3.8, 4) is 0 Å². The average molecular weight is 630 g/mol. The van der Waals surface area contributed by atoms with Gasteiger partial charge in [-0.1, -0.05) is 49.5 Å². The summed E-state index contributed by atoms with van der Waals surface area (Å²) in [6, 6.07) is 11.4. The van der Waals surface area contributed by atoms with Gasteiger partial charge >= 0.3 is 6.09 Å². The van der Waals surface area contributed by atoms with Crippen LogP contribution in [0.4, 0.5) is 9.18 Å². The maximum atomic E-state index is 13.9. The molecule has 10 heteroatoms. The van der Waals surface area contributed by atoms with E-state index in [-0.39, 0.29) is 11.9 Å². The van der Waals surface area contributed by atoms with Gasteiger partial charge in [0.15, 0.2) is 0 Å². The van der Waals surface area contributed by atoms with Gasteiger partial charge in [-0.2, -0.15) is 5.10 Å². The molecule has 0 bridgehead atoms. The van der Waals surface area contributed by atoms with Crippen LogP contribution in [0.15, 0.2) is 55.3 Å². The summed E-state index contributed by atoms with van der Waals surface area (Å²) < 4.78 is 33.8. The number of hydrogen-bond acceptors (Lipinski definition) is 5. The van der Waals surface area contributed by atoms with Crippen molar-refractivity contribution in [1.82, 2.24) is 14.7 Å². The van der Waals surface area contributed by atoms with E-state index in [1.54, 1.807) is 15.7 Å². The van der Waals surface area contributed by atoms with Crippen LogP contribution in [0.2, 0.25) is 30.7 Å². The summed E-state index contributed by atoms with van der Waals surface area (Å²) in [4.78, 5) is 14.5. The Morgan fingerprint density at radius 3 is 2.47 bits per heavy atom. The number of nitrogens with zero attached hydrogens (tertiary/aromatic N) is 3. The zero-order valence-electron chi connectivity index (χ0n) is 26.3. The largest absolute Gasteiger partial charge is 0.444 e.